The average Bonchev–Trinajstić information content (AvgIpc) is 3.18. The molecule has 1 saturated heterocycles. The summed E-state index contributed by atoms with van der Waals surface area (Å²) in [6.45, 7) is 5.48. The third-order valence-electron chi connectivity index (χ3n) is 6.06. The molecule has 0 N–H and O–H groups in total. The molecule has 1 unspecified atom stereocenters. The molecule has 1 amide bonds. The van der Waals surface area contributed by atoms with E-state index < -0.39 is 0 Å². The molecule has 0 aliphatic carbocycles. The summed E-state index contributed by atoms with van der Waals surface area (Å²) in [6, 6.07) is 14.4. The van der Waals surface area contributed by atoms with Crippen LogP contribution >= 0.6 is 0 Å². The molecule has 0 saturated carbocycles. The molecule has 2 aromatic rings. The van der Waals surface area contributed by atoms with Gasteiger partial charge in [0.2, 0.25) is 5.91 Å². The normalized spacial score (nSPS) is 19.9. The zero-order chi connectivity index (χ0) is 18.8. The van der Waals surface area contributed by atoms with Crippen molar-refractivity contribution >= 4 is 5.91 Å². The van der Waals surface area contributed by atoms with E-state index in [0.717, 1.165) is 44.6 Å². The number of likely N-dealkylation sites (tertiary alicyclic amines) is 1. The van der Waals surface area contributed by atoms with E-state index in [4.69, 9.17) is 0 Å². The molecular formula is C23H27FN2O. The van der Waals surface area contributed by atoms with E-state index in [1.54, 1.807) is 19.1 Å². The predicted molar refractivity (Wildman–Crippen MR) is 105 cm³/mol. The Hall–Kier alpha value is -2.20. The lowest BCUT2D eigenvalue weighted by Gasteiger charge is -2.33. The monoisotopic (exact) mass is 366 g/mol. The smallest absolute Gasteiger partial charge is 0.222 e. The number of nitrogens with zero attached hydrogens (tertiary/aromatic N) is 2. The molecule has 142 valence electrons. The standard InChI is InChI=1S/C23H27FN2O/c1-17-6-7-18(14-22(17)24)8-9-23(27)26-13-11-21(16-26)25-12-10-19-4-2-3-5-20(19)15-25/h2-7,14,21H,8-13,15-16H2,1H3. The Morgan fingerprint density at radius 3 is 2.78 bits per heavy atom. The minimum Gasteiger partial charge on any atom is -0.341 e. The van der Waals surface area contributed by atoms with Gasteiger partial charge in [0.1, 0.15) is 5.82 Å². The van der Waals surface area contributed by atoms with Crippen molar-refractivity contribution < 1.29 is 9.18 Å². The summed E-state index contributed by atoms with van der Waals surface area (Å²) >= 11 is 0. The summed E-state index contributed by atoms with van der Waals surface area (Å²) in [5.74, 6) is 0.00228. The Morgan fingerprint density at radius 2 is 1.96 bits per heavy atom. The number of carbonyl (C=O) groups is 1. The quantitative estimate of drug-likeness (QED) is 0.823. The summed E-state index contributed by atoms with van der Waals surface area (Å²) in [5.41, 5.74) is 4.44. The van der Waals surface area contributed by atoms with Crippen LogP contribution in [0.25, 0.3) is 0 Å². The van der Waals surface area contributed by atoms with Gasteiger partial charge in [-0.3, -0.25) is 9.69 Å². The van der Waals surface area contributed by atoms with Crippen LogP contribution in [0.4, 0.5) is 4.39 Å². The fourth-order valence-corrected chi connectivity index (χ4v) is 4.30. The lowest BCUT2D eigenvalue weighted by atomic mass is 9.98. The number of benzene rings is 2. The molecular weight excluding hydrogens is 339 g/mol. The van der Waals surface area contributed by atoms with Crippen LogP contribution in [0.3, 0.4) is 0 Å². The Bertz CT molecular complexity index is 835. The Morgan fingerprint density at radius 1 is 1.15 bits per heavy atom. The second-order valence-corrected chi connectivity index (χ2v) is 7.85. The van der Waals surface area contributed by atoms with E-state index >= 15 is 0 Å². The molecule has 0 radical (unpaired) electrons. The van der Waals surface area contributed by atoms with Gasteiger partial charge in [0.15, 0.2) is 0 Å². The minimum atomic E-state index is -0.188. The molecule has 4 heteroatoms. The van der Waals surface area contributed by atoms with Crippen molar-refractivity contribution in [3.63, 3.8) is 0 Å². The highest BCUT2D eigenvalue weighted by atomic mass is 19.1. The maximum atomic E-state index is 13.7. The number of rotatable bonds is 4. The van der Waals surface area contributed by atoms with E-state index in [1.807, 2.05) is 11.0 Å². The third-order valence-corrected chi connectivity index (χ3v) is 6.06. The highest BCUT2D eigenvalue weighted by Crippen LogP contribution is 2.25. The van der Waals surface area contributed by atoms with Crippen LogP contribution in [0.1, 0.15) is 35.1 Å². The number of hydrogen-bond acceptors (Lipinski definition) is 2. The van der Waals surface area contributed by atoms with Crippen molar-refractivity contribution in [2.24, 2.45) is 0 Å². The second-order valence-electron chi connectivity index (χ2n) is 7.85. The summed E-state index contributed by atoms with van der Waals surface area (Å²) in [4.78, 5) is 17.1. The van der Waals surface area contributed by atoms with Crippen LogP contribution in [-0.4, -0.2) is 41.4 Å². The van der Waals surface area contributed by atoms with Crippen molar-refractivity contribution in [2.45, 2.75) is 45.2 Å². The molecule has 0 spiro atoms. The van der Waals surface area contributed by atoms with Crippen LogP contribution < -0.4 is 0 Å². The highest BCUT2D eigenvalue weighted by Gasteiger charge is 2.31. The van der Waals surface area contributed by atoms with Crippen LogP contribution in [0.2, 0.25) is 0 Å². The van der Waals surface area contributed by atoms with Gasteiger partial charge in [-0.15, -0.1) is 0 Å². The van der Waals surface area contributed by atoms with Gasteiger partial charge in [0, 0.05) is 38.6 Å². The van der Waals surface area contributed by atoms with E-state index in [1.165, 1.54) is 11.1 Å². The summed E-state index contributed by atoms with van der Waals surface area (Å²) in [5, 5.41) is 0. The maximum Gasteiger partial charge on any atom is 0.222 e. The lowest BCUT2D eigenvalue weighted by molar-refractivity contribution is -0.130. The van der Waals surface area contributed by atoms with Gasteiger partial charge >= 0.3 is 0 Å². The first-order valence-corrected chi connectivity index (χ1v) is 9.94. The maximum absolute atomic E-state index is 13.7. The van der Waals surface area contributed by atoms with E-state index in [-0.39, 0.29) is 11.7 Å². The zero-order valence-electron chi connectivity index (χ0n) is 16.0. The average molecular weight is 366 g/mol. The van der Waals surface area contributed by atoms with E-state index in [0.29, 0.717) is 24.4 Å². The molecule has 1 fully saturated rings. The van der Waals surface area contributed by atoms with Gasteiger partial charge in [0.05, 0.1) is 0 Å². The van der Waals surface area contributed by atoms with E-state index in [9.17, 15) is 9.18 Å². The van der Waals surface area contributed by atoms with Crippen molar-refractivity contribution in [3.8, 4) is 0 Å². The zero-order valence-corrected chi connectivity index (χ0v) is 16.0. The molecule has 27 heavy (non-hydrogen) atoms. The molecule has 0 bridgehead atoms. The molecule has 2 aliphatic rings. The van der Waals surface area contributed by atoms with Crippen LogP contribution in [0.5, 0.6) is 0 Å². The largest absolute Gasteiger partial charge is 0.341 e. The van der Waals surface area contributed by atoms with Crippen LogP contribution in [0.15, 0.2) is 42.5 Å². The SMILES string of the molecule is Cc1ccc(CCC(=O)N2CCC(N3CCc4ccccc4C3)C2)cc1F. The molecule has 4 rings (SSSR count). The van der Waals surface area contributed by atoms with E-state index in [2.05, 4.69) is 29.2 Å². The fourth-order valence-electron chi connectivity index (χ4n) is 4.30. The minimum absolute atomic E-state index is 0.188. The van der Waals surface area contributed by atoms with Crippen LogP contribution in [-0.2, 0) is 24.2 Å². The van der Waals surface area contributed by atoms with Crippen molar-refractivity contribution in [1.82, 2.24) is 9.80 Å². The molecule has 2 aromatic carbocycles. The van der Waals surface area contributed by atoms with Gasteiger partial charge < -0.3 is 4.90 Å². The summed E-state index contributed by atoms with van der Waals surface area (Å²) in [6.07, 6.45) is 3.21. The molecule has 3 nitrogen and oxygen atoms in total. The van der Waals surface area contributed by atoms with Crippen molar-refractivity contribution in [2.75, 3.05) is 19.6 Å². The first kappa shape index (κ1) is 18.2. The summed E-state index contributed by atoms with van der Waals surface area (Å²) < 4.78 is 13.7. The number of fused-ring (bicyclic) bond motifs is 1. The number of carbonyl (C=O) groups excluding carboxylic acids is 1. The number of amides is 1. The molecule has 2 aliphatic heterocycles. The topological polar surface area (TPSA) is 23.6 Å². The Labute approximate surface area is 160 Å². The predicted octanol–water partition coefficient (Wildman–Crippen LogP) is 3.73. The molecule has 0 aromatic heterocycles. The van der Waals surface area contributed by atoms with Crippen molar-refractivity contribution in [1.29, 1.82) is 0 Å². The van der Waals surface area contributed by atoms with Gasteiger partial charge in [-0.1, -0.05) is 36.4 Å². The Kier molecular flexibility index (Phi) is 5.26. The lowest BCUT2D eigenvalue weighted by Crippen LogP contribution is -2.41. The summed E-state index contributed by atoms with van der Waals surface area (Å²) in [7, 11) is 0. The van der Waals surface area contributed by atoms with Gasteiger partial charge in [-0.05, 0) is 54.5 Å². The highest BCUT2D eigenvalue weighted by molar-refractivity contribution is 5.76. The second kappa shape index (κ2) is 7.81. The third kappa shape index (κ3) is 4.06. The van der Waals surface area contributed by atoms with Crippen LogP contribution in [0, 0.1) is 12.7 Å². The first-order chi connectivity index (χ1) is 13.1. The van der Waals surface area contributed by atoms with Crippen molar-refractivity contribution in [3.05, 3.63) is 70.5 Å². The number of halogens is 1. The molecule has 2 heterocycles. The van der Waals surface area contributed by atoms with Gasteiger partial charge in [-0.2, -0.15) is 0 Å². The number of hydrogen-bond donors (Lipinski definition) is 0. The first-order valence-electron chi connectivity index (χ1n) is 9.94. The fraction of sp³-hybridized carbons (Fsp3) is 0.435. The van der Waals surface area contributed by atoms with Gasteiger partial charge in [0.25, 0.3) is 0 Å². The Balaban J connectivity index is 1.30. The molecule has 1 atom stereocenters. The number of aryl methyl sites for hydroxylation is 2. The van der Waals surface area contributed by atoms with Gasteiger partial charge in [-0.25, -0.2) is 4.39 Å².